The van der Waals surface area contributed by atoms with Crippen molar-refractivity contribution in [1.29, 1.82) is 0 Å². The fourth-order valence-electron chi connectivity index (χ4n) is 1.80. The summed E-state index contributed by atoms with van der Waals surface area (Å²) in [7, 11) is 0. The Morgan fingerprint density at radius 3 is 2.29 bits per heavy atom. The summed E-state index contributed by atoms with van der Waals surface area (Å²) in [5.74, 6) is 0.527. The topological polar surface area (TPSA) is 77.0 Å². The molecule has 0 amide bonds. The van der Waals surface area contributed by atoms with Gasteiger partial charge in [0.25, 0.3) is 0 Å². The highest BCUT2D eigenvalue weighted by atomic mass is 19.4. The molecule has 21 heavy (non-hydrogen) atoms. The Kier molecular flexibility index (Phi) is 3.93. The minimum absolute atomic E-state index is 0.341. The van der Waals surface area contributed by atoms with Gasteiger partial charge in [0.15, 0.2) is 0 Å². The molecule has 0 saturated heterocycles. The van der Waals surface area contributed by atoms with E-state index in [1.54, 1.807) is 13.0 Å². The molecule has 1 aromatic heterocycles. The van der Waals surface area contributed by atoms with Crippen molar-refractivity contribution in [1.82, 2.24) is 4.98 Å². The van der Waals surface area contributed by atoms with Gasteiger partial charge in [-0.3, -0.25) is 0 Å². The first-order valence-electron chi connectivity index (χ1n) is 6.20. The highest BCUT2D eigenvalue weighted by molar-refractivity contribution is 5.69. The van der Waals surface area contributed by atoms with Crippen molar-refractivity contribution in [3.8, 4) is 0 Å². The van der Waals surface area contributed by atoms with Gasteiger partial charge in [0, 0.05) is 12.6 Å². The van der Waals surface area contributed by atoms with E-state index in [4.69, 9.17) is 11.5 Å². The van der Waals surface area contributed by atoms with Crippen molar-refractivity contribution in [2.75, 3.05) is 16.8 Å². The van der Waals surface area contributed by atoms with Crippen LogP contribution in [0.1, 0.15) is 16.8 Å². The number of halogens is 3. The number of nitrogens with zero attached hydrogens (tertiary/aromatic N) is 1. The molecule has 2 aromatic rings. The third-order valence-corrected chi connectivity index (χ3v) is 3.04. The number of aromatic nitrogens is 1. The zero-order valence-corrected chi connectivity index (χ0v) is 11.3. The number of pyridine rings is 1. The fraction of sp³-hybridized carbons (Fsp3) is 0.214. The number of aryl methyl sites for hydroxylation is 1. The van der Waals surface area contributed by atoms with Crippen LogP contribution in [0.4, 0.5) is 30.4 Å². The molecule has 0 aliphatic heterocycles. The highest BCUT2D eigenvalue weighted by Gasteiger charge is 2.29. The zero-order valence-electron chi connectivity index (χ0n) is 11.3. The minimum Gasteiger partial charge on any atom is -0.397 e. The minimum atomic E-state index is -4.32. The Hall–Kier alpha value is -2.44. The number of benzene rings is 1. The van der Waals surface area contributed by atoms with Gasteiger partial charge < -0.3 is 16.8 Å². The second-order valence-corrected chi connectivity index (χ2v) is 4.64. The van der Waals surface area contributed by atoms with E-state index >= 15 is 0 Å². The van der Waals surface area contributed by atoms with E-state index < -0.39 is 11.7 Å². The van der Waals surface area contributed by atoms with Crippen LogP contribution in [-0.2, 0) is 12.7 Å². The summed E-state index contributed by atoms with van der Waals surface area (Å²) < 4.78 is 37.3. The van der Waals surface area contributed by atoms with Gasteiger partial charge in [-0.05, 0) is 24.6 Å². The molecular formula is C14H15F3N4. The molecule has 5 N–H and O–H groups in total. The molecule has 0 radical (unpaired) electrons. The zero-order chi connectivity index (χ0) is 15.6. The molecular weight excluding hydrogens is 281 g/mol. The second kappa shape index (κ2) is 5.51. The van der Waals surface area contributed by atoms with Crippen LogP contribution < -0.4 is 16.8 Å². The molecule has 1 aromatic carbocycles. The Labute approximate surface area is 120 Å². The van der Waals surface area contributed by atoms with E-state index in [2.05, 4.69) is 10.3 Å². The van der Waals surface area contributed by atoms with Crippen LogP contribution in [0.5, 0.6) is 0 Å². The van der Waals surface area contributed by atoms with Crippen molar-refractivity contribution < 1.29 is 13.2 Å². The first-order valence-corrected chi connectivity index (χ1v) is 6.20. The monoisotopic (exact) mass is 296 g/mol. The van der Waals surface area contributed by atoms with Gasteiger partial charge in [-0.15, -0.1) is 0 Å². The van der Waals surface area contributed by atoms with Crippen LogP contribution in [0.15, 0.2) is 30.3 Å². The summed E-state index contributed by atoms with van der Waals surface area (Å²) >= 11 is 0. The first-order chi connectivity index (χ1) is 9.77. The van der Waals surface area contributed by atoms with Crippen molar-refractivity contribution in [2.45, 2.75) is 19.6 Å². The third kappa shape index (κ3) is 3.56. The second-order valence-electron chi connectivity index (χ2n) is 4.64. The lowest BCUT2D eigenvalue weighted by Crippen LogP contribution is -2.07. The molecule has 7 heteroatoms. The summed E-state index contributed by atoms with van der Waals surface area (Å²) in [5.41, 5.74) is 12.9. The maximum absolute atomic E-state index is 12.4. The summed E-state index contributed by atoms with van der Waals surface area (Å²) in [4.78, 5) is 4.21. The number of nitrogens with one attached hydrogen (secondary N) is 1. The average Bonchev–Trinajstić information content (AvgIpc) is 2.42. The number of hydrogen-bond acceptors (Lipinski definition) is 4. The summed E-state index contributed by atoms with van der Waals surface area (Å²) in [5, 5.41) is 3.00. The molecule has 2 rings (SSSR count). The van der Waals surface area contributed by atoms with Gasteiger partial charge in [-0.25, -0.2) is 4.98 Å². The number of hydrogen-bond donors (Lipinski definition) is 3. The number of anilines is 3. The van der Waals surface area contributed by atoms with E-state index in [1.807, 2.05) is 0 Å². The normalized spacial score (nSPS) is 11.4. The van der Waals surface area contributed by atoms with Crippen molar-refractivity contribution in [3.63, 3.8) is 0 Å². The summed E-state index contributed by atoms with van der Waals surface area (Å²) in [6, 6.07) is 6.53. The lowest BCUT2D eigenvalue weighted by Gasteiger charge is -2.11. The van der Waals surface area contributed by atoms with Gasteiger partial charge in [0.2, 0.25) is 0 Å². The molecule has 0 bridgehead atoms. The predicted molar refractivity (Wildman–Crippen MR) is 76.6 cm³/mol. The van der Waals surface area contributed by atoms with E-state index in [0.29, 0.717) is 35.0 Å². The molecule has 0 saturated carbocycles. The fourth-order valence-corrected chi connectivity index (χ4v) is 1.80. The van der Waals surface area contributed by atoms with Crippen LogP contribution in [-0.4, -0.2) is 4.98 Å². The molecule has 0 unspecified atom stereocenters. The van der Waals surface area contributed by atoms with Gasteiger partial charge in [-0.1, -0.05) is 12.1 Å². The smallest absolute Gasteiger partial charge is 0.397 e. The number of nitrogens with two attached hydrogens (primary N) is 2. The number of nitrogen functional groups attached to an aromatic ring is 2. The van der Waals surface area contributed by atoms with Gasteiger partial charge >= 0.3 is 6.18 Å². The summed E-state index contributed by atoms with van der Waals surface area (Å²) in [6.07, 6.45) is -4.32. The maximum Gasteiger partial charge on any atom is 0.416 e. The standard InChI is InChI=1S/C14H15F3N4/c1-8-13(19)11(18)6-12(21-8)20-7-9-2-4-10(5-3-9)14(15,16)17/h2-6H,7,19H2,1H3,(H3,18,20,21). The Morgan fingerprint density at radius 1 is 1.14 bits per heavy atom. The number of alkyl halides is 3. The molecule has 0 atom stereocenters. The van der Waals surface area contributed by atoms with Crippen LogP contribution >= 0.6 is 0 Å². The Balaban J connectivity index is 2.07. The van der Waals surface area contributed by atoms with E-state index in [0.717, 1.165) is 12.1 Å². The summed E-state index contributed by atoms with van der Waals surface area (Å²) in [6.45, 7) is 2.07. The lowest BCUT2D eigenvalue weighted by atomic mass is 10.1. The van der Waals surface area contributed by atoms with Gasteiger partial charge in [-0.2, -0.15) is 13.2 Å². The molecule has 4 nitrogen and oxygen atoms in total. The molecule has 0 aliphatic carbocycles. The van der Waals surface area contributed by atoms with Crippen LogP contribution in [0.2, 0.25) is 0 Å². The lowest BCUT2D eigenvalue weighted by molar-refractivity contribution is -0.137. The Bertz CT molecular complexity index is 613. The van der Waals surface area contributed by atoms with Crippen molar-refractivity contribution in [2.24, 2.45) is 0 Å². The van der Waals surface area contributed by atoms with Crippen LogP contribution in [0, 0.1) is 6.92 Å². The van der Waals surface area contributed by atoms with Crippen molar-refractivity contribution >= 4 is 17.2 Å². The highest BCUT2D eigenvalue weighted by Crippen LogP contribution is 2.29. The van der Waals surface area contributed by atoms with Gasteiger partial charge in [0.1, 0.15) is 5.82 Å². The maximum atomic E-state index is 12.4. The third-order valence-electron chi connectivity index (χ3n) is 3.04. The first kappa shape index (κ1) is 15.0. The quantitative estimate of drug-likeness (QED) is 0.813. The van der Waals surface area contributed by atoms with Crippen LogP contribution in [0.25, 0.3) is 0 Å². The van der Waals surface area contributed by atoms with E-state index in [9.17, 15) is 13.2 Å². The molecule has 112 valence electrons. The SMILES string of the molecule is Cc1nc(NCc2ccc(C(F)(F)F)cc2)cc(N)c1N. The Morgan fingerprint density at radius 2 is 1.76 bits per heavy atom. The predicted octanol–water partition coefficient (Wildman–Crippen LogP) is 3.19. The molecule has 0 aliphatic rings. The molecule has 0 spiro atoms. The number of rotatable bonds is 3. The van der Waals surface area contributed by atoms with Crippen LogP contribution in [0.3, 0.4) is 0 Å². The van der Waals surface area contributed by atoms with Gasteiger partial charge in [0.05, 0.1) is 22.6 Å². The molecule has 0 fully saturated rings. The van der Waals surface area contributed by atoms with E-state index in [-0.39, 0.29) is 0 Å². The molecule has 1 heterocycles. The average molecular weight is 296 g/mol. The largest absolute Gasteiger partial charge is 0.416 e. The van der Waals surface area contributed by atoms with Crippen molar-refractivity contribution in [3.05, 3.63) is 47.2 Å². The van der Waals surface area contributed by atoms with E-state index in [1.165, 1.54) is 12.1 Å².